The second-order valence-corrected chi connectivity index (χ2v) is 5.17. The summed E-state index contributed by atoms with van der Waals surface area (Å²) in [4.78, 5) is 11.6. The highest BCUT2D eigenvalue weighted by Gasteiger charge is 2.03. The van der Waals surface area contributed by atoms with Crippen LogP contribution in [0.1, 0.15) is 12.5 Å². The monoisotopic (exact) mass is 327 g/mol. The lowest BCUT2D eigenvalue weighted by atomic mass is 10.2. The van der Waals surface area contributed by atoms with E-state index in [0.717, 1.165) is 10.0 Å². The Balaban J connectivity index is 2.65. The van der Waals surface area contributed by atoms with Gasteiger partial charge in [-0.2, -0.15) is 0 Å². The third kappa shape index (κ3) is 5.44. The molecule has 1 aromatic carbocycles. The minimum atomic E-state index is -0.192. The standard InChI is InChI=1S/C14H18BrNO3/c1-10(9-17)8-16-14(18)6-3-11-7-12(15)4-5-13(11)19-2/h3-7,10,17H,8-9H2,1-2H3,(H,16,18). The fraction of sp³-hybridized carbons (Fsp3) is 0.357. The highest BCUT2D eigenvalue weighted by molar-refractivity contribution is 9.10. The van der Waals surface area contributed by atoms with Crippen molar-refractivity contribution >= 4 is 27.9 Å². The maximum Gasteiger partial charge on any atom is 0.244 e. The molecule has 1 aromatic rings. The van der Waals surface area contributed by atoms with Crippen molar-refractivity contribution in [3.05, 3.63) is 34.3 Å². The van der Waals surface area contributed by atoms with Crippen LogP contribution in [0, 0.1) is 5.92 Å². The molecule has 1 rings (SSSR count). The van der Waals surface area contributed by atoms with Crippen molar-refractivity contribution in [2.24, 2.45) is 5.92 Å². The van der Waals surface area contributed by atoms with Crippen molar-refractivity contribution in [1.29, 1.82) is 0 Å². The van der Waals surface area contributed by atoms with Gasteiger partial charge in [-0.1, -0.05) is 22.9 Å². The van der Waals surface area contributed by atoms with Crippen molar-refractivity contribution in [3.8, 4) is 5.75 Å². The number of benzene rings is 1. The first-order valence-electron chi connectivity index (χ1n) is 5.97. The number of hydrogen-bond acceptors (Lipinski definition) is 3. The zero-order valence-corrected chi connectivity index (χ0v) is 12.6. The Morgan fingerprint density at radius 3 is 2.95 bits per heavy atom. The normalized spacial score (nSPS) is 12.4. The Bertz CT molecular complexity index is 460. The van der Waals surface area contributed by atoms with E-state index >= 15 is 0 Å². The van der Waals surface area contributed by atoms with Gasteiger partial charge in [-0.3, -0.25) is 4.79 Å². The highest BCUT2D eigenvalue weighted by atomic mass is 79.9. The molecule has 104 valence electrons. The number of nitrogens with one attached hydrogen (secondary N) is 1. The number of halogens is 1. The predicted molar refractivity (Wildman–Crippen MR) is 79.0 cm³/mol. The van der Waals surface area contributed by atoms with E-state index in [9.17, 15) is 4.79 Å². The van der Waals surface area contributed by atoms with Crippen LogP contribution in [0.2, 0.25) is 0 Å². The Morgan fingerprint density at radius 1 is 1.58 bits per heavy atom. The van der Waals surface area contributed by atoms with Gasteiger partial charge in [-0.25, -0.2) is 0 Å². The molecular formula is C14H18BrNO3. The van der Waals surface area contributed by atoms with Crippen LogP contribution in [0.3, 0.4) is 0 Å². The summed E-state index contributed by atoms with van der Waals surface area (Å²) < 4.78 is 6.13. The molecule has 2 N–H and O–H groups in total. The molecule has 19 heavy (non-hydrogen) atoms. The number of methoxy groups -OCH3 is 1. The van der Waals surface area contributed by atoms with Gasteiger partial charge in [0.25, 0.3) is 0 Å². The first-order valence-corrected chi connectivity index (χ1v) is 6.76. The highest BCUT2D eigenvalue weighted by Crippen LogP contribution is 2.23. The Labute approximate surface area is 121 Å². The average molecular weight is 328 g/mol. The lowest BCUT2D eigenvalue weighted by Crippen LogP contribution is -2.27. The molecule has 0 aliphatic carbocycles. The first-order chi connectivity index (χ1) is 9.06. The fourth-order valence-electron chi connectivity index (χ4n) is 1.40. The number of ether oxygens (including phenoxy) is 1. The zero-order valence-electron chi connectivity index (χ0n) is 11.0. The second-order valence-electron chi connectivity index (χ2n) is 4.25. The van der Waals surface area contributed by atoms with Crippen molar-refractivity contribution in [2.75, 3.05) is 20.3 Å². The Kier molecular flexibility index (Phi) is 6.59. The Hall–Kier alpha value is -1.33. The van der Waals surface area contributed by atoms with E-state index in [4.69, 9.17) is 9.84 Å². The van der Waals surface area contributed by atoms with Crippen LogP contribution in [0.15, 0.2) is 28.7 Å². The van der Waals surface area contributed by atoms with Gasteiger partial charge in [0.2, 0.25) is 5.91 Å². The van der Waals surface area contributed by atoms with Crippen LogP contribution in [-0.2, 0) is 4.79 Å². The van der Waals surface area contributed by atoms with Gasteiger partial charge in [0.15, 0.2) is 0 Å². The molecule has 0 fully saturated rings. The second kappa shape index (κ2) is 7.96. The lowest BCUT2D eigenvalue weighted by Gasteiger charge is -2.08. The summed E-state index contributed by atoms with van der Waals surface area (Å²) in [7, 11) is 1.59. The van der Waals surface area contributed by atoms with Gasteiger partial charge >= 0.3 is 0 Å². The van der Waals surface area contributed by atoms with Crippen LogP contribution in [0.25, 0.3) is 6.08 Å². The molecule has 0 spiro atoms. The lowest BCUT2D eigenvalue weighted by molar-refractivity contribution is -0.116. The molecule has 0 saturated heterocycles. The largest absolute Gasteiger partial charge is 0.496 e. The molecule has 0 bridgehead atoms. The molecule has 0 saturated carbocycles. The number of aliphatic hydroxyl groups excluding tert-OH is 1. The third-order valence-corrected chi connectivity index (χ3v) is 3.04. The summed E-state index contributed by atoms with van der Waals surface area (Å²) >= 11 is 3.37. The summed E-state index contributed by atoms with van der Waals surface area (Å²) in [5.74, 6) is 0.566. The quantitative estimate of drug-likeness (QED) is 0.787. The van der Waals surface area contributed by atoms with E-state index in [1.165, 1.54) is 6.08 Å². The van der Waals surface area contributed by atoms with Crippen LogP contribution in [0.4, 0.5) is 0 Å². The molecule has 5 heteroatoms. The minimum absolute atomic E-state index is 0.0535. The summed E-state index contributed by atoms with van der Waals surface area (Å²) in [6.45, 7) is 2.38. The van der Waals surface area contributed by atoms with Crippen molar-refractivity contribution in [3.63, 3.8) is 0 Å². The van der Waals surface area contributed by atoms with Gasteiger partial charge < -0.3 is 15.2 Å². The maximum atomic E-state index is 11.6. The number of hydrogen-bond donors (Lipinski definition) is 2. The van der Waals surface area contributed by atoms with Crippen LogP contribution in [0.5, 0.6) is 5.75 Å². The van der Waals surface area contributed by atoms with Gasteiger partial charge in [0, 0.05) is 29.3 Å². The molecule has 0 aliphatic rings. The Morgan fingerprint density at radius 2 is 2.32 bits per heavy atom. The summed E-state index contributed by atoms with van der Waals surface area (Å²) in [5, 5.41) is 11.6. The van der Waals surface area contributed by atoms with E-state index in [-0.39, 0.29) is 18.4 Å². The molecule has 0 radical (unpaired) electrons. The predicted octanol–water partition coefficient (Wildman–Crippen LogP) is 2.22. The van der Waals surface area contributed by atoms with Crippen LogP contribution in [-0.4, -0.2) is 31.3 Å². The topological polar surface area (TPSA) is 58.6 Å². The zero-order chi connectivity index (χ0) is 14.3. The van der Waals surface area contributed by atoms with Crippen molar-refractivity contribution in [2.45, 2.75) is 6.92 Å². The SMILES string of the molecule is COc1ccc(Br)cc1C=CC(=O)NCC(C)CO. The number of carbonyl (C=O) groups excluding carboxylic acids is 1. The van der Waals surface area contributed by atoms with E-state index in [0.29, 0.717) is 12.3 Å². The molecule has 1 atom stereocenters. The smallest absolute Gasteiger partial charge is 0.244 e. The van der Waals surface area contributed by atoms with Gasteiger partial charge in [-0.05, 0) is 30.2 Å². The number of rotatable bonds is 6. The van der Waals surface area contributed by atoms with E-state index < -0.39 is 0 Å². The summed E-state index contributed by atoms with van der Waals surface area (Å²) in [6.07, 6.45) is 3.15. The average Bonchev–Trinajstić information content (AvgIpc) is 2.42. The summed E-state index contributed by atoms with van der Waals surface area (Å²) in [5.41, 5.74) is 0.822. The number of amides is 1. The molecule has 1 unspecified atom stereocenters. The number of aliphatic hydroxyl groups is 1. The maximum absolute atomic E-state index is 11.6. The first kappa shape index (κ1) is 15.7. The van der Waals surface area contributed by atoms with Gasteiger partial charge in [-0.15, -0.1) is 0 Å². The fourth-order valence-corrected chi connectivity index (χ4v) is 1.78. The minimum Gasteiger partial charge on any atom is -0.496 e. The molecular weight excluding hydrogens is 310 g/mol. The van der Waals surface area contributed by atoms with E-state index in [1.54, 1.807) is 13.2 Å². The molecule has 0 aliphatic heterocycles. The van der Waals surface area contributed by atoms with Gasteiger partial charge in [0.05, 0.1) is 7.11 Å². The number of carbonyl (C=O) groups is 1. The van der Waals surface area contributed by atoms with Crippen molar-refractivity contribution < 1.29 is 14.6 Å². The molecule has 0 heterocycles. The molecule has 1 amide bonds. The van der Waals surface area contributed by atoms with E-state index in [1.807, 2.05) is 25.1 Å². The molecule has 0 aromatic heterocycles. The van der Waals surface area contributed by atoms with Crippen LogP contribution < -0.4 is 10.1 Å². The van der Waals surface area contributed by atoms with Crippen molar-refractivity contribution in [1.82, 2.24) is 5.32 Å². The third-order valence-electron chi connectivity index (χ3n) is 2.54. The van der Waals surface area contributed by atoms with Crippen LogP contribution >= 0.6 is 15.9 Å². The van der Waals surface area contributed by atoms with E-state index in [2.05, 4.69) is 21.2 Å². The summed E-state index contributed by atoms with van der Waals surface area (Å²) in [6, 6.07) is 5.58. The molecule has 4 nitrogen and oxygen atoms in total. The van der Waals surface area contributed by atoms with Gasteiger partial charge in [0.1, 0.15) is 5.75 Å².